The van der Waals surface area contributed by atoms with Crippen LogP contribution in [0, 0.1) is 5.82 Å². The molecule has 0 saturated heterocycles. The summed E-state index contributed by atoms with van der Waals surface area (Å²) in [6.07, 6.45) is 6.47. The minimum atomic E-state index is -0.871. The molecule has 104 valence electrons. The molecule has 0 fully saturated rings. The number of aromatic nitrogens is 1. The fourth-order valence-electron chi connectivity index (χ4n) is 1.50. The summed E-state index contributed by atoms with van der Waals surface area (Å²) in [6, 6.07) is 1.28. The molecule has 0 aromatic carbocycles. The third kappa shape index (κ3) is 5.18. The number of rotatable bonds is 6. The number of amides is 1. The van der Waals surface area contributed by atoms with Gasteiger partial charge in [0, 0.05) is 18.8 Å². The van der Waals surface area contributed by atoms with E-state index in [4.69, 9.17) is 0 Å². The van der Waals surface area contributed by atoms with Crippen molar-refractivity contribution in [1.82, 2.24) is 10.3 Å². The summed E-state index contributed by atoms with van der Waals surface area (Å²) in [5.41, 5.74) is -0.361. The van der Waals surface area contributed by atoms with Gasteiger partial charge in [0.2, 0.25) is 5.91 Å². The summed E-state index contributed by atoms with van der Waals surface area (Å²) in [4.78, 5) is 15.2. The van der Waals surface area contributed by atoms with Gasteiger partial charge in [0.1, 0.15) is 5.82 Å². The van der Waals surface area contributed by atoms with Gasteiger partial charge in [0.05, 0.1) is 11.8 Å². The van der Waals surface area contributed by atoms with E-state index >= 15 is 0 Å². The van der Waals surface area contributed by atoms with Gasteiger partial charge in [-0.05, 0) is 30.5 Å². The first-order chi connectivity index (χ1) is 8.99. The number of hydrogen-bond acceptors (Lipinski definition) is 3. The van der Waals surface area contributed by atoms with Crippen molar-refractivity contribution in [2.45, 2.75) is 32.3 Å². The molecule has 0 aliphatic heterocycles. The second kappa shape index (κ2) is 6.99. The zero-order chi connectivity index (χ0) is 14.3. The Morgan fingerprint density at radius 2 is 2.16 bits per heavy atom. The smallest absolute Gasteiger partial charge is 0.244 e. The van der Waals surface area contributed by atoms with Gasteiger partial charge in [0.25, 0.3) is 0 Å². The first kappa shape index (κ1) is 15.3. The molecule has 4 nitrogen and oxygen atoms in total. The highest BCUT2D eigenvalue weighted by Gasteiger charge is 2.22. The first-order valence-corrected chi connectivity index (χ1v) is 6.28. The highest BCUT2D eigenvalue weighted by molar-refractivity contribution is 5.91. The van der Waals surface area contributed by atoms with Crippen LogP contribution in [-0.2, 0) is 4.79 Å². The van der Waals surface area contributed by atoms with Gasteiger partial charge in [-0.25, -0.2) is 4.39 Å². The van der Waals surface area contributed by atoms with Gasteiger partial charge in [-0.1, -0.05) is 13.8 Å². The van der Waals surface area contributed by atoms with Crippen molar-refractivity contribution in [2.75, 3.05) is 6.54 Å². The van der Waals surface area contributed by atoms with Crippen molar-refractivity contribution < 1.29 is 14.3 Å². The van der Waals surface area contributed by atoms with Gasteiger partial charge in [-0.15, -0.1) is 0 Å². The monoisotopic (exact) mass is 266 g/mol. The molecule has 1 amide bonds. The highest BCUT2D eigenvalue weighted by atomic mass is 19.1. The second-order valence-corrected chi connectivity index (χ2v) is 4.42. The predicted molar refractivity (Wildman–Crippen MR) is 71.8 cm³/mol. The molecule has 1 heterocycles. The highest BCUT2D eigenvalue weighted by Crippen LogP contribution is 2.12. The van der Waals surface area contributed by atoms with Crippen molar-refractivity contribution in [2.24, 2.45) is 0 Å². The van der Waals surface area contributed by atoms with Crippen LogP contribution in [0.5, 0.6) is 0 Å². The van der Waals surface area contributed by atoms with Crippen LogP contribution in [0.25, 0.3) is 6.08 Å². The molecular weight excluding hydrogens is 247 g/mol. The molecule has 19 heavy (non-hydrogen) atoms. The summed E-state index contributed by atoms with van der Waals surface area (Å²) in [6.45, 7) is 3.93. The molecule has 0 atom stereocenters. The summed E-state index contributed by atoms with van der Waals surface area (Å²) < 4.78 is 12.9. The van der Waals surface area contributed by atoms with Crippen LogP contribution in [0.2, 0.25) is 0 Å². The number of pyridine rings is 1. The van der Waals surface area contributed by atoms with Crippen molar-refractivity contribution in [3.8, 4) is 0 Å². The first-order valence-electron chi connectivity index (χ1n) is 6.28. The molecule has 1 aromatic heterocycles. The van der Waals surface area contributed by atoms with Crippen molar-refractivity contribution in [3.05, 3.63) is 35.9 Å². The summed E-state index contributed by atoms with van der Waals surface area (Å²) in [7, 11) is 0. The van der Waals surface area contributed by atoms with Crippen LogP contribution >= 0.6 is 0 Å². The van der Waals surface area contributed by atoms with E-state index in [0.717, 1.165) is 6.20 Å². The zero-order valence-corrected chi connectivity index (χ0v) is 11.2. The molecule has 1 aromatic rings. The number of halogens is 1. The standard InChI is InChI=1S/C14H19FN2O2/c1-3-14(19,4-2)10-17-13(18)6-5-11-7-12(15)9-16-8-11/h5-9,19H,3-4,10H2,1-2H3,(H,17,18). The lowest BCUT2D eigenvalue weighted by Crippen LogP contribution is -2.41. The molecule has 2 N–H and O–H groups in total. The Bertz CT molecular complexity index is 457. The maximum absolute atomic E-state index is 12.9. The van der Waals surface area contributed by atoms with Crippen molar-refractivity contribution >= 4 is 12.0 Å². The minimum absolute atomic E-state index is 0.199. The Morgan fingerprint density at radius 1 is 1.47 bits per heavy atom. The lowest BCUT2D eigenvalue weighted by Gasteiger charge is -2.24. The van der Waals surface area contributed by atoms with Gasteiger partial charge in [-0.3, -0.25) is 9.78 Å². The van der Waals surface area contributed by atoms with Gasteiger partial charge < -0.3 is 10.4 Å². The lowest BCUT2D eigenvalue weighted by atomic mass is 9.98. The molecule has 0 bridgehead atoms. The van der Waals surface area contributed by atoms with Crippen LogP contribution in [0.4, 0.5) is 4.39 Å². The SMILES string of the molecule is CCC(O)(CC)CNC(=O)C=Cc1cncc(F)c1. The Morgan fingerprint density at radius 3 is 2.74 bits per heavy atom. The van der Waals surface area contributed by atoms with E-state index < -0.39 is 11.4 Å². The second-order valence-electron chi connectivity index (χ2n) is 4.42. The fourth-order valence-corrected chi connectivity index (χ4v) is 1.50. The fraction of sp³-hybridized carbons (Fsp3) is 0.429. The summed E-state index contributed by atoms with van der Waals surface area (Å²) in [5.74, 6) is -0.779. The number of nitrogens with one attached hydrogen (secondary N) is 1. The molecule has 0 unspecified atom stereocenters. The quantitative estimate of drug-likeness (QED) is 0.773. The largest absolute Gasteiger partial charge is 0.388 e. The number of nitrogens with zero attached hydrogens (tertiary/aromatic N) is 1. The zero-order valence-electron chi connectivity index (χ0n) is 11.2. The van der Waals surface area contributed by atoms with E-state index in [1.807, 2.05) is 13.8 Å². The van der Waals surface area contributed by atoms with Crippen LogP contribution < -0.4 is 5.32 Å². The third-order valence-corrected chi connectivity index (χ3v) is 3.06. The topological polar surface area (TPSA) is 62.2 Å². The van der Waals surface area contributed by atoms with E-state index in [9.17, 15) is 14.3 Å². The maximum atomic E-state index is 12.9. The minimum Gasteiger partial charge on any atom is -0.388 e. The molecule has 1 rings (SSSR count). The summed E-state index contributed by atoms with van der Waals surface area (Å²) >= 11 is 0. The van der Waals surface area contributed by atoms with E-state index in [-0.39, 0.29) is 12.5 Å². The van der Waals surface area contributed by atoms with Crippen LogP contribution in [-0.4, -0.2) is 28.1 Å². The van der Waals surface area contributed by atoms with E-state index in [2.05, 4.69) is 10.3 Å². The van der Waals surface area contributed by atoms with Gasteiger partial charge in [-0.2, -0.15) is 0 Å². The van der Waals surface area contributed by atoms with Crippen LogP contribution in [0.15, 0.2) is 24.5 Å². The molecule has 0 radical (unpaired) electrons. The third-order valence-electron chi connectivity index (χ3n) is 3.06. The number of aliphatic hydroxyl groups is 1. The van der Waals surface area contributed by atoms with Gasteiger partial charge >= 0.3 is 0 Å². The Kier molecular flexibility index (Phi) is 5.63. The molecule has 0 saturated carbocycles. The molecule has 5 heteroatoms. The molecule has 0 aliphatic carbocycles. The van der Waals surface area contributed by atoms with Crippen LogP contribution in [0.1, 0.15) is 32.3 Å². The number of hydrogen-bond donors (Lipinski definition) is 2. The number of carbonyl (C=O) groups excluding carboxylic acids is 1. The molecule has 0 spiro atoms. The average Bonchev–Trinajstić information content (AvgIpc) is 2.42. The lowest BCUT2D eigenvalue weighted by molar-refractivity contribution is -0.117. The predicted octanol–water partition coefficient (Wildman–Crippen LogP) is 1.90. The van der Waals surface area contributed by atoms with E-state index in [1.165, 1.54) is 24.4 Å². The Labute approximate surface area is 112 Å². The van der Waals surface area contributed by atoms with Gasteiger partial charge in [0.15, 0.2) is 0 Å². The maximum Gasteiger partial charge on any atom is 0.244 e. The van der Waals surface area contributed by atoms with E-state index in [0.29, 0.717) is 18.4 Å². The van der Waals surface area contributed by atoms with Crippen molar-refractivity contribution in [3.63, 3.8) is 0 Å². The molecule has 0 aliphatic rings. The van der Waals surface area contributed by atoms with E-state index in [1.54, 1.807) is 0 Å². The van der Waals surface area contributed by atoms with Crippen molar-refractivity contribution in [1.29, 1.82) is 0 Å². The average molecular weight is 266 g/mol. The summed E-state index contributed by atoms with van der Waals surface area (Å²) in [5, 5.41) is 12.6. The molecular formula is C14H19FN2O2. The Balaban J connectivity index is 2.52. The van der Waals surface area contributed by atoms with Crippen LogP contribution in [0.3, 0.4) is 0 Å². The normalized spacial score (nSPS) is 11.8. The number of carbonyl (C=O) groups is 1. The Hall–Kier alpha value is -1.75.